The number of carbonyl (C=O) groups is 1. The van der Waals surface area contributed by atoms with Crippen molar-refractivity contribution in [2.75, 3.05) is 26.2 Å². The molecule has 3 rings (SSSR count). The molecule has 0 radical (unpaired) electrons. The van der Waals surface area contributed by atoms with Crippen molar-refractivity contribution < 1.29 is 22.4 Å². The number of nitrogens with zero attached hydrogens (tertiary/aromatic N) is 2. The van der Waals surface area contributed by atoms with Gasteiger partial charge < -0.3 is 9.32 Å². The van der Waals surface area contributed by atoms with Gasteiger partial charge in [0.25, 0.3) is 0 Å². The lowest BCUT2D eigenvalue weighted by Gasteiger charge is -2.22. The minimum absolute atomic E-state index is 0.114. The van der Waals surface area contributed by atoms with Gasteiger partial charge in [-0.3, -0.25) is 9.69 Å². The molecule has 0 saturated carbocycles. The zero-order valence-electron chi connectivity index (χ0n) is 15.0. The summed E-state index contributed by atoms with van der Waals surface area (Å²) < 4.78 is 43.2. The van der Waals surface area contributed by atoms with Gasteiger partial charge in [-0.25, -0.2) is 0 Å². The minimum Gasteiger partial charge on any atom is -0.469 e. The lowest BCUT2D eigenvalue weighted by atomic mass is 10.1. The van der Waals surface area contributed by atoms with Crippen LogP contribution in [0.25, 0.3) is 0 Å². The fourth-order valence-corrected chi connectivity index (χ4v) is 3.28. The van der Waals surface area contributed by atoms with Crippen molar-refractivity contribution in [2.45, 2.75) is 32.0 Å². The second-order valence-electron chi connectivity index (χ2n) is 6.78. The summed E-state index contributed by atoms with van der Waals surface area (Å²) in [5.74, 6) is 0.921. The van der Waals surface area contributed by atoms with E-state index in [4.69, 9.17) is 4.42 Å². The van der Waals surface area contributed by atoms with E-state index in [2.05, 4.69) is 4.90 Å². The number of hydrogen-bond acceptors (Lipinski definition) is 3. The first-order chi connectivity index (χ1) is 12.9. The Balaban J connectivity index is 1.48. The molecule has 7 heteroatoms. The van der Waals surface area contributed by atoms with Crippen LogP contribution in [0.1, 0.15) is 29.7 Å². The molecule has 146 valence electrons. The summed E-state index contributed by atoms with van der Waals surface area (Å²) in [7, 11) is 0. The molecule has 27 heavy (non-hydrogen) atoms. The van der Waals surface area contributed by atoms with Gasteiger partial charge in [-0.1, -0.05) is 12.1 Å². The Morgan fingerprint density at radius 1 is 1.04 bits per heavy atom. The van der Waals surface area contributed by atoms with Gasteiger partial charge in [-0.2, -0.15) is 13.2 Å². The molecule has 0 aliphatic carbocycles. The van der Waals surface area contributed by atoms with E-state index in [1.54, 1.807) is 6.26 Å². The highest BCUT2D eigenvalue weighted by Gasteiger charge is 2.30. The first-order valence-electron chi connectivity index (χ1n) is 9.10. The van der Waals surface area contributed by atoms with Crippen LogP contribution < -0.4 is 0 Å². The molecule has 1 aromatic heterocycles. The molecular weight excluding hydrogens is 357 g/mol. The molecule has 2 aromatic rings. The van der Waals surface area contributed by atoms with Crippen molar-refractivity contribution in [1.82, 2.24) is 9.80 Å². The third-order valence-electron chi connectivity index (χ3n) is 4.79. The Morgan fingerprint density at radius 2 is 1.81 bits per heavy atom. The first kappa shape index (κ1) is 19.5. The Kier molecular flexibility index (Phi) is 6.21. The summed E-state index contributed by atoms with van der Waals surface area (Å²) in [6, 6.07) is 8.97. The maximum atomic E-state index is 12.6. The maximum Gasteiger partial charge on any atom is 0.416 e. The molecule has 0 unspecified atom stereocenters. The molecule has 1 aromatic carbocycles. The van der Waals surface area contributed by atoms with Crippen LogP contribution in [0.2, 0.25) is 0 Å². The van der Waals surface area contributed by atoms with Gasteiger partial charge in [0.05, 0.1) is 11.8 Å². The lowest BCUT2D eigenvalue weighted by Crippen LogP contribution is -2.35. The number of aryl methyl sites for hydroxylation is 1. The Hall–Kier alpha value is -2.28. The third-order valence-corrected chi connectivity index (χ3v) is 4.79. The van der Waals surface area contributed by atoms with Crippen LogP contribution >= 0.6 is 0 Å². The average molecular weight is 380 g/mol. The van der Waals surface area contributed by atoms with Crippen LogP contribution in [0.5, 0.6) is 0 Å². The quantitative estimate of drug-likeness (QED) is 0.788. The van der Waals surface area contributed by atoms with E-state index >= 15 is 0 Å². The number of carbonyl (C=O) groups excluding carboxylic acids is 1. The predicted octanol–water partition coefficient (Wildman–Crippen LogP) is 3.97. The van der Waals surface area contributed by atoms with Gasteiger partial charge >= 0.3 is 6.18 Å². The first-order valence-corrected chi connectivity index (χ1v) is 9.10. The monoisotopic (exact) mass is 380 g/mol. The highest BCUT2D eigenvalue weighted by molar-refractivity contribution is 5.76. The molecule has 1 aliphatic rings. The topological polar surface area (TPSA) is 36.7 Å². The minimum atomic E-state index is -4.31. The largest absolute Gasteiger partial charge is 0.469 e. The standard InChI is InChI=1S/C20H23F3N2O2/c21-20(22,23)17-6-4-16(5-7-17)15-24-10-2-11-25(13-12-24)19(26)9-8-18-3-1-14-27-18/h1,3-7,14H,2,8-13,15H2. The number of alkyl halides is 3. The summed E-state index contributed by atoms with van der Waals surface area (Å²) in [4.78, 5) is 16.5. The lowest BCUT2D eigenvalue weighted by molar-refractivity contribution is -0.137. The van der Waals surface area contributed by atoms with Crippen molar-refractivity contribution >= 4 is 5.91 Å². The van der Waals surface area contributed by atoms with Crippen molar-refractivity contribution in [1.29, 1.82) is 0 Å². The summed E-state index contributed by atoms with van der Waals surface area (Å²) in [5, 5.41) is 0. The van der Waals surface area contributed by atoms with Crippen LogP contribution in [0.3, 0.4) is 0 Å². The highest BCUT2D eigenvalue weighted by Crippen LogP contribution is 2.29. The normalized spacial score (nSPS) is 16.3. The van der Waals surface area contributed by atoms with Crippen molar-refractivity contribution in [2.24, 2.45) is 0 Å². The van der Waals surface area contributed by atoms with Gasteiger partial charge in [0.1, 0.15) is 5.76 Å². The zero-order chi connectivity index (χ0) is 19.3. The number of furan rings is 1. The van der Waals surface area contributed by atoms with Crippen molar-refractivity contribution in [3.8, 4) is 0 Å². The number of hydrogen-bond donors (Lipinski definition) is 0. The summed E-state index contributed by atoms with van der Waals surface area (Å²) >= 11 is 0. The van der Waals surface area contributed by atoms with Crippen molar-refractivity contribution in [3.63, 3.8) is 0 Å². The van der Waals surface area contributed by atoms with E-state index in [0.29, 0.717) is 39.0 Å². The second kappa shape index (κ2) is 8.61. The summed E-state index contributed by atoms with van der Waals surface area (Å²) in [5.41, 5.74) is 0.219. The van der Waals surface area contributed by atoms with E-state index in [0.717, 1.165) is 36.4 Å². The average Bonchev–Trinajstić information content (AvgIpc) is 3.05. The fraction of sp³-hybridized carbons (Fsp3) is 0.450. The smallest absolute Gasteiger partial charge is 0.416 e. The van der Waals surface area contributed by atoms with Crippen molar-refractivity contribution in [3.05, 3.63) is 59.5 Å². The number of benzene rings is 1. The Morgan fingerprint density at radius 3 is 2.48 bits per heavy atom. The zero-order valence-corrected chi connectivity index (χ0v) is 15.0. The van der Waals surface area contributed by atoms with Crippen LogP contribution in [-0.2, 0) is 23.9 Å². The fourth-order valence-electron chi connectivity index (χ4n) is 3.28. The van der Waals surface area contributed by atoms with Crippen LogP contribution in [-0.4, -0.2) is 41.9 Å². The van der Waals surface area contributed by atoms with Gasteiger partial charge in [0.2, 0.25) is 5.91 Å². The molecule has 1 saturated heterocycles. The molecule has 0 bridgehead atoms. The molecule has 0 spiro atoms. The maximum absolute atomic E-state index is 12.6. The highest BCUT2D eigenvalue weighted by atomic mass is 19.4. The molecular formula is C20H23F3N2O2. The summed E-state index contributed by atoms with van der Waals surface area (Å²) in [6.07, 6.45) is -0.834. The van der Waals surface area contributed by atoms with Gasteiger partial charge in [-0.05, 0) is 36.2 Å². The van der Waals surface area contributed by atoms with Crippen LogP contribution in [0, 0.1) is 0 Å². The van der Waals surface area contributed by atoms with E-state index in [1.807, 2.05) is 17.0 Å². The van der Waals surface area contributed by atoms with Gasteiger partial charge in [0, 0.05) is 45.6 Å². The molecule has 2 heterocycles. The Labute approximate surface area is 156 Å². The summed E-state index contributed by atoms with van der Waals surface area (Å²) in [6.45, 7) is 3.47. The third kappa shape index (κ3) is 5.60. The van der Waals surface area contributed by atoms with E-state index in [1.165, 1.54) is 12.1 Å². The molecule has 0 N–H and O–H groups in total. The molecule has 1 aliphatic heterocycles. The van der Waals surface area contributed by atoms with E-state index in [-0.39, 0.29) is 5.91 Å². The van der Waals surface area contributed by atoms with Crippen LogP contribution in [0.15, 0.2) is 47.1 Å². The number of halogens is 3. The number of amides is 1. The predicted molar refractivity (Wildman–Crippen MR) is 94.9 cm³/mol. The molecule has 0 atom stereocenters. The van der Waals surface area contributed by atoms with E-state index < -0.39 is 11.7 Å². The Bertz CT molecular complexity index is 727. The van der Waals surface area contributed by atoms with Gasteiger partial charge in [-0.15, -0.1) is 0 Å². The second-order valence-corrected chi connectivity index (χ2v) is 6.78. The number of rotatable bonds is 5. The van der Waals surface area contributed by atoms with E-state index in [9.17, 15) is 18.0 Å². The molecule has 1 fully saturated rings. The molecule has 1 amide bonds. The van der Waals surface area contributed by atoms with Gasteiger partial charge in [0.15, 0.2) is 0 Å². The molecule has 4 nitrogen and oxygen atoms in total. The van der Waals surface area contributed by atoms with Crippen LogP contribution in [0.4, 0.5) is 13.2 Å². The SMILES string of the molecule is O=C(CCc1ccco1)N1CCCN(Cc2ccc(C(F)(F)F)cc2)CC1.